The molecule has 0 radical (unpaired) electrons. The van der Waals surface area contributed by atoms with Crippen molar-refractivity contribution in [2.45, 2.75) is 19.4 Å². The summed E-state index contributed by atoms with van der Waals surface area (Å²) in [5.41, 5.74) is 6.68. The first-order valence-corrected chi connectivity index (χ1v) is 6.76. The van der Waals surface area contributed by atoms with Gasteiger partial charge in [0, 0.05) is 4.47 Å². The Morgan fingerprint density at radius 3 is 2.61 bits per heavy atom. The fourth-order valence-corrected chi connectivity index (χ4v) is 2.58. The van der Waals surface area contributed by atoms with Crippen LogP contribution >= 0.6 is 15.9 Å². The Labute approximate surface area is 116 Å². The first-order chi connectivity index (χ1) is 8.70. The lowest BCUT2D eigenvalue weighted by Gasteiger charge is -2.18. The van der Waals surface area contributed by atoms with Crippen molar-refractivity contribution in [1.82, 2.24) is 5.43 Å². The Morgan fingerprint density at radius 1 is 1.17 bits per heavy atom. The molecular weight excluding hydrogens is 288 g/mol. The molecule has 0 bridgehead atoms. The molecule has 2 nitrogen and oxygen atoms in total. The van der Waals surface area contributed by atoms with Crippen LogP contribution in [0.5, 0.6) is 0 Å². The highest BCUT2D eigenvalue weighted by Gasteiger charge is 2.12. The quantitative estimate of drug-likeness (QED) is 0.670. The van der Waals surface area contributed by atoms with Gasteiger partial charge in [0.25, 0.3) is 0 Å². The van der Waals surface area contributed by atoms with Crippen molar-refractivity contribution in [1.29, 1.82) is 0 Å². The average Bonchev–Trinajstić information content (AvgIpc) is 2.37. The number of benzene rings is 2. The summed E-state index contributed by atoms with van der Waals surface area (Å²) in [7, 11) is 0. The topological polar surface area (TPSA) is 38.0 Å². The van der Waals surface area contributed by atoms with Crippen LogP contribution in [0, 0.1) is 6.92 Å². The van der Waals surface area contributed by atoms with Crippen molar-refractivity contribution in [3.8, 4) is 0 Å². The van der Waals surface area contributed by atoms with Crippen molar-refractivity contribution in [2.75, 3.05) is 0 Å². The summed E-state index contributed by atoms with van der Waals surface area (Å²) in [6.07, 6.45) is 0.876. The maximum absolute atomic E-state index is 5.70. The van der Waals surface area contributed by atoms with Crippen LogP contribution in [0.2, 0.25) is 0 Å². The second-order valence-corrected chi connectivity index (χ2v) is 5.33. The number of hydrogen-bond acceptors (Lipinski definition) is 2. The average molecular weight is 305 g/mol. The molecule has 0 aliphatic heterocycles. The predicted molar refractivity (Wildman–Crippen MR) is 79.1 cm³/mol. The molecule has 1 unspecified atom stereocenters. The zero-order valence-electron chi connectivity index (χ0n) is 10.4. The molecule has 3 N–H and O–H groups in total. The van der Waals surface area contributed by atoms with Gasteiger partial charge in [-0.25, -0.2) is 0 Å². The van der Waals surface area contributed by atoms with Gasteiger partial charge >= 0.3 is 0 Å². The molecule has 0 aliphatic rings. The predicted octanol–water partition coefficient (Wildman–Crippen LogP) is 3.50. The summed E-state index contributed by atoms with van der Waals surface area (Å²) in [5.74, 6) is 5.70. The third-order valence-electron chi connectivity index (χ3n) is 3.09. The number of nitrogens with one attached hydrogen (secondary N) is 1. The summed E-state index contributed by atoms with van der Waals surface area (Å²) < 4.78 is 1.10. The zero-order valence-corrected chi connectivity index (χ0v) is 11.9. The number of hydrazine groups is 1. The van der Waals surface area contributed by atoms with E-state index in [4.69, 9.17) is 5.84 Å². The van der Waals surface area contributed by atoms with E-state index in [9.17, 15) is 0 Å². The third kappa shape index (κ3) is 3.19. The van der Waals surface area contributed by atoms with E-state index in [0.717, 1.165) is 10.9 Å². The maximum atomic E-state index is 5.70. The Kier molecular flexibility index (Phi) is 4.53. The molecule has 3 heteroatoms. The fourth-order valence-electron chi connectivity index (χ4n) is 2.14. The first-order valence-electron chi connectivity index (χ1n) is 5.97. The number of hydrogen-bond donors (Lipinski definition) is 2. The van der Waals surface area contributed by atoms with Crippen molar-refractivity contribution < 1.29 is 0 Å². The molecule has 0 saturated carbocycles. The smallest absolute Gasteiger partial charge is 0.0502 e. The second-order valence-electron chi connectivity index (χ2n) is 4.41. The molecular formula is C15H17BrN2. The summed E-state index contributed by atoms with van der Waals surface area (Å²) in [6.45, 7) is 2.11. The molecule has 2 aromatic rings. The minimum absolute atomic E-state index is 0.139. The van der Waals surface area contributed by atoms with Gasteiger partial charge in [-0.1, -0.05) is 52.3 Å². The van der Waals surface area contributed by atoms with Gasteiger partial charge < -0.3 is 0 Å². The maximum Gasteiger partial charge on any atom is 0.0502 e. The highest BCUT2D eigenvalue weighted by Crippen LogP contribution is 2.22. The Hall–Kier alpha value is -1.16. The van der Waals surface area contributed by atoms with Crippen molar-refractivity contribution in [3.05, 3.63) is 69.7 Å². The van der Waals surface area contributed by atoms with Crippen molar-refractivity contribution in [2.24, 2.45) is 5.84 Å². The fraction of sp³-hybridized carbons (Fsp3) is 0.200. The van der Waals surface area contributed by atoms with E-state index in [1.807, 2.05) is 24.3 Å². The second kappa shape index (κ2) is 6.14. The van der Waals surface area contributed by atoms with Gasteiger partial charge in [0.1, 0.15) is 0 Å². The van der Waals surface area contributed by atoms with E-state index in [1.165, 1.54) is 16.7 Å². The Bertz CT molecular complexity index is 525. The number of halogens is 1. The molecule has 0 aromatic heterocycles. The van der Waals surface area contributed by atoms with Gasteiger partial charge in [0.05, 0.1) is 6.04 Å². The highest BCUT2D eigenvalue weighted by molar-refractivity contribution is 9.10. The van der Waals surface area contributed by atoms with Crippen LogP contribution < -0.4 is 11.3 Å². The molecule has 0 spiro atoms. The normalized spacial score (nSPS) is 12.4. The molecule has 94 valence electrons. The minimum Gasteiger partial charge on any atom is -0.271 e. The lowest BCUT2D eigenvalue weighted by Crippen LogP contribution is -2.30. The lowest BCUT2D eigenvalue weighted by molar-refractivity contribution is 0.549. The summed E-state index contributed by atoms with van der Waals surface area (Å²) >= 11 is 3.49. The minimum atomic E-state index is 0.139. The number of rotatable bonds is 4. The molecule has 1 atom stereocenters. The molecule has 0 aliphatic carbocycles. The van der Waals surface area contributed by atoms with Crippen molar-refractivity contribution in [3.63, 3.8) is 0 Å². The summed E-state index contributed by atoms with van der Waals surface area (Å²) in [5, 5.41) is 0. The van der Waals surface area contributed by atoms with Crippen LogP contribution in [0.4, 0.5) is 0 Å². The molecule has 0 heterocycles. The summed E-state index contributed by atoms with van der Waals surface area (Å²) in [4.78, 5) is 0. The third-order valence-corrected chi connectivity index (χ3v) is 3.59. The van der Waals surface area contributed by atoms with Crippen molar-refractivity contribution >= 4 is 15.9 Å². The van der Waals surface area contributed by atoms with Gasteiger partial charge in [-0.3, -0.25) is 11.3 Å². The van der Waals surface area contributed by atoms with Crippen LogP contribution in [0.3, 0.4) is 0 Å². The first kappa shape index (κ1) is 13.3. The number of aryl methyl sites for hydroxylation is 1. The van der Waals surface area contributed by atoms with E-state index >= 15 is 0 Å². The molecule has 0 saturated heterocycles. The van der Waals surface area contributed by atoms with Crippen LogP contribution in [0.25, 0.3) is 0 Å². The van der Waals surface area contributed by atoms with E-state index in [-0.39, 0.29) is 6.04 Å². The van der Waals surface area contributed by atoms with E-state index in [2.05, 4.69) is 52.5 Å². The molecule has 2 aromatic carbocycles. The molecule has 2 rings (SSSR count). The Morgan fingerprint density at radius 2 is 1.94 bits per heavy atom. The van der Waals surface area contributed by atoms with Gasteiger partial charge in [-0.15, -0.1) is 0 Å². The van der Waals surface area contributed by atoms with E-state index in [1.54, 1.807) is 0 Å². The highest BCUT2D eigenvalue weighted by atomic mass is 79.9. The summed E-state index contributed by atoms with van der Waals surface area (Å²) in [6, 6.07) is 16.8. The molecule has 0 fully saturated rings. The van der Waals surface area contributed by atoms with E-state index in [0.29, 0.717) is 0 Å². The Balaban J connectivity index is 2.23. The van der Waals surface area contributed by atoms with Gasteiger partial charge in [-0.05, 0) is 42.2 Å². The van der Waals surface area contributed by atoms with Crippen LogP contribution in [-0.4, -0.2) is 0 Å². The number of nitrogens with two attached hydrogens (primary N) is 1. The zero-order chi connectivity index (χ0) is 13.0. The standard InChI is InChI=1S/C15H17BrN2/c1-11-5-2-3-8-14(11)15(18-17)10-12-6-4-7-13(16)9-12/h2-9,15,18H,10,17H2,1H3. The van der Waals surface area contributed by atoms with Crippen LogP contribution in [-0.2, 0) is 6.42 Å². The monoisotopic (exact) mass is 304 g/mol. The van der Waals surface area contributed by atoms with Crippen LogP contribution in [0.1, 0.15) is 22.7 Å². The van der Waals surface area contributed by atoms with Gasteiger partial charge in [0.15, 0.2) is 0 Å². The van der Waals surface area contributed by atoms with Crippen LogP contribution in [0.15, 0.2) is 53.0 Å². The lowest BCUT2D eigenvalue weighted by atomic mass is 9.96. The molecule has 0 amide bonds. The van der Waals surface area contributed by atoms with Gasteiger partial charge in [-0.2, -0.15) is 0 Å². The van der Waals surface area contributed by atoms with E-state index < -0.39 is 0 Å². The SMILES string of the molecule is Cc1ccccc1C(Cc1cccc(Br)c1)NN. The largest absolute Gasteiger partial charge is 0.271 e. The van der Waals surface area contributed by atoms with Gasteiger partial charge in [0.2, 0.25) is 0 Å². The molecule has 18 heavy (non-hydrogen) atoms.